The van der Waals surface area contributed by atoms with E-state index < -0.39 is 11.9 Å². The third kappa shape index (κ3) is 4.77. The van der Waals surface area contributed by atoms with E-state index in [0.717, 1.165) is 12.8 Å². The summed E-state index contributed by atoms with van der Waals surface area (Å²) in [5, 5.41) is 9.85. The van der Waals surface area contributed by atoms with Crippen molar-refractivity contribution < 1.29 is 19.4 Å². The third-order valence-corrected chi connectivity index (χ3v) is 5.54. The third-order valence-electron chi connectivity index (χ3n) is 5.54. The smallest absolute Gasteiger partial charge is 0.355 e. The van der Waals surface area contributed by atoms with Gasteiger partial charge in [-0.15, -0.1) is 0 Å². The molecular formula is C27H25N3O5. The Morgan fingerprint density at radius 2 is 1.63 bits per heavy atom. The molecule has 0 atom stereocenters. The summed E-state index contributed by atoms with van der Waals surface area (Å²) in [6.07, 6.45) is 3.53. The minimum atomic E-state index is -1.17. The molecule has 2 aromatic heterocycles. The highest BCUT2D eigenvalue weighted by atomic mass is 16.5. The number of carbonyl (C=O) groups is 2. The Kier molecular flexibility index (Phi) is 6.91. The van der Waals surface area contributed by atoms with Gasteiger partial charge in [-0.2, -0.15) is 0 Å². The lowest BCUT2D eigenvalue weighted by molar-refractivity contribution is -0.131. The van der Waals surface area contributed by atoms with E-state index in [1.807, 2.05) is 37.3 Å². The molecule has 0 radical (unpaired) electrons. The zero-order valence-electron chi connectivity index (χ0n) is 19.5. The molecule has 8 heteroatoms. The summed E-state index contributed by atoms with van der Waals surface area (Å²) in [7, 11) is 0. The summed E-state index contributed by atoms with van der Waals surface area (Å²) < 4.78 is 8.39. The molecule has 0 spiro atoms. The molecular weight excluding hydrogens is 446 g/mol. The number of rotatable bonds is 8. The Bertz CT molecular complexity index is 1420. The summed E-state index contributed by atoms with van der Waals surface area (Å²) in [6, 6.07) is 19.2. The lowest BCUT2D eigenvalue weighted by Gasteiger charge is -2.17. The zero-order chi connectivity index (χ0) is 24.9. The average Bonchev–Trinajstić information content (AvgIpc) is 3.15. The molecule has 0 fully saturated rings. The number of carbonyl (C=O) groups excluding carboxylic acids is 1. The second-order valence-corrected chi connectivity index (χ2v) is 7.99. The lowest BCUT2D eigenvalue weighted by atomic mass is 10.0. The van der Waals surface area contributed by atoms with Gasteiger partial charge in [-0.25, -0.2) is 19.1 Å². The van der Waals surface area contributed by atoms with Crippen molar-refractivity contribution in [2.75, 3.05) is 0 Å². The molecule has 2 heterocycles. The molecule has 1 N–H and O–H groups in total. The van der Waals surface area contributed by atoms with Gasteiger partial charge in [-0.1, -0.05) is 31.5 Å². The van der Waals surface area contributed by atoms with Gasteiger partial charge in [0.1, 0.15) is 5.75 Å². The summed E-state index contributed by atoms with van der Waals surface area (Å²) >= 11 is 0. The van der Waals surface area contributed by atoms with Crippen molar-refractivity contribution in [3.8, 4) is 28.4 Å². The highest BCUT2D eigenvalue weighted by molar-refractivity contribution is 5.94. The maximum Gasteiger partial charge on any atom is 0.355 e. The minimum absolute atomic E-state index is 0.128. The van der Waals surface area contributed by atoms with Gasteiger partial charge < -0.3 is 9.84 Å². The van der Waals surface area contributed by atoms with Crippen molar-refractivity contribution in [1.29, 1.82) is 0 Å². The van der Waals surface area contributed by atoms with Crippen LogP contribution in [0.15, 0.2) is 77.7 Å². The second kappa shape index (κ2) is 10.2. The number of aromatic nitrogens is 3. The molecule has 0 bridgehead atoms. The fourth-order valence-corrected chi connectivity index (χ4v) is 4.04. The highest BCUT2D eigenvalue weighted by Crippen LogP contribution is 2.31. The van der Waals surface area contributed by atoms with Crippen molar-refractivity contribution >= 4 is 11.9 Å². The van der Waals surface area contributed by atoms with Gasteiger partial charge in [0, 0.05) is 24.2 Å². The molecule has 4 rings (SSSR count). The van der Waals surface area contributed by atoms with Gasteiger partial charge in [0.05, 0.1) is 17.1 Å². The monoisotopic (exact) mass is 471 g/mol. The van der Waals surface area contributed by atoms with Crippen LogP contribution in [0, 0.1) is 0 Å². The number of carboxylic acid groups (broad SMARTS) is 1. The van der Waals surface area contributed by atoms with Crippen LogP contribution in [0.2, 0.25) is 0 Å². The van der Waals surface area contributed by atoms with E-state index in [-0.39, 0.29) is 11.3 Å². The molecule has 2 aromatic carbocycles. The van der Waals surface area contributed by atoms with Crippen LogP contribution in [0.5, 0.6) is 5.75 Å². The zero-order valence-corrected chi connectivity index (χ0v) is 19.5. The normalized spacial score (nSPS) is 10.8. The van der Waals surface area contributed by atoms with E-state index in [2.05, 4.69) is 4.98 Å². The van der Waals surface area contributed by atoms with Gasteiger partial charge >= 0.3 is 11.9 Å². The largest absolute Gasteiger partial charge is 0.476 e. The van der Waals surface area contributed by atoms with Crippen LogP contribution < -0.4 is 10.3 Å². The molecule has 35 heavy (non-hydrogen) atoms. The van der Waals surface area contributed by atoms with E-state index in [0.29, 0.717) is 40.4 Å². The number of carboxylic acids is 1. The number of unbranched alkanes of at least 4 members (excludes halogenated alkanes) is 1. The molecule has 0 saturated carbocycles. The van der Waals surface area contributed by atoms with Crippen LogP contribution in [-0.2, 0) is 11.2 Å². The number of aromatic carboxylic acids is 1. The molecule has 0 amide bonds. The van der Waals surface area contributed by atoms with E-state index in [4.69, 9.17) is 4.74 Å². The Morgan fingerprint density at radius 1 is 0.943 bits per heavy atom. The van der Waals surface area contributed by atoms with E-state index in [9.17, 15) is 19.5 Å². The fourth-order valence-electron chi connectivity index (χ4n) is 4.04. The number of pyridine rings is 1. The molecule has 4 aromatic rings. The molecule has 178 valence electrons. The SMILES string of the molecule is CCCCc1c(-c2cccnc2C(=O)O)n(-c2ccccc2)n(-c2ccc(OC(C)=O)cc2)c1=O. The summed E-state index contributed by atoms with van der Waals surface area (Å²) in [5.74, 6) is -1.25. The van der Waals surface area contributed by atoms with Crippen molar-refractivity contribution in [2.45, 2.75) is 33.1 Å². The van der Waals surface area contributed by atoms with Gasteiger partial charge in [0.2, 0.25) is 0 Å². The number of esters is 1. The predicted octanol–water partition coefficient (Wildman–Crippen LogP) is 4.66. The lowest BCUT2D eigenvalue weighted by Crippen LogP contribution is -2.21. The van der Waals surface area contributed by atoms with Crippen molar-refractivity contribution in [3.63, 3.8) is 0 Å². The highest BCUT2D eigenvalue weighted by Gasteiger charge is 2.26. The first-order valence-corrected chi connectivity index (χ1v) is 11.3. The molecule has 0 aliphatic rings. The molecule has 8 nitrogen and oxygen atoms in total. The Labute approximate surface area is 202 Å². The van der Waals surface area contributed by atoms with Crippen molar-refractivity contribution in [1.82, 2.24) is 14.3 Å². The Morgan fingerprint density at radius 3 is 2.26 bits per heavy atom. The van der Waals surface area contributed by atoms with Gasteiger partial charge in [0.15, 0.2) is 5.69 Å². The summed E-state index contributed by atoms with van der Waals surface area (Å²) in [5.41, 5.74) is 2.21. The fraction of sp³-hybridized carbons (Fsp3) is 0.185. The number of nitrogens with zero attached hydrogens (tertiary/aromatic N) is 3. The number of hydrogen-bond acceptors (Lipinski definition) is 5. The minimum Gasteiger partial charge on any atom is -0.476 e. The van der Waals surface area contributed by atoms with Crippen LogP contribution >= 0.6 is 0 Å². The van der Waals surface area contributed by atoms with Crippen molar-refractivity contribution in [3.05, 3.63) is 94.5 Å². The van der Waals surface area contributed by atoms with E-state index in [1.54, 1.807) is 41.1 Å². The number of ether oxygens (including phenoxy) is 1. The van der Waals surface area contributed by atoms with Gasteiger partial charge in [0.25, 0.3) is 5.56 Å². The number of hydrogen-bond donors (Lipinski definition) is 1. The van der Waals surface area contributed by atoms with Crippen LogP contribution in [-0.4, -0.2) is 31.4 Å². The van der Waals surface area contributed by atoms with E-state index in [1.165, 1.54) is 17.8 Å². The first kappa shape index (κ1) is 23.7. The maximum absolute atomic E-state index is 13.9. The predicted molar refractivity (Wildman–Crippen MR) is 131 cm³/mol. The summed E-state index contributed by atoms with van der Waals surface area (Å²) in [4.78, 5) is 41.4. The molecule has 0 aliphatic carbocycles. The quantitative estimate of drug-likeness (QED) is 0.296. The van der Waals surface area contributed by atoms with Crippen LogP contribution in [0.4, 0.5) is 0 Å². The number of benzene rings is 2. The van der Waals surface area contributed by atoms with Gasteiger partial charge in [-0.05, 0) is 61.4 Å². The Hall–Kier alpha value is -4.46. The maximum atomic E-state index is 13.9. The average molecular weight is 472 g/mol. The Balaban J connectivity index is 2.07. The number of para-hydroxylation sites is 1. The van der Waals surface area contributed by atoms with Crippen LogP contribution in [0.1, 0.15) is 42.7 Å². The van der Waals surface area contributed by atoms with Gasteiger partial charge in [-0.3, -0.25) is 9.59 Å². The standard InChI is InChI=1S/C27H25N3O5/c1-3-4-11-23-25(22-12-8-17-28-24(22)27(33)34)29(19-9-6-5-7-10-19)30(26(23)32)20-13-15-21(16-14-20)35-18(2)31/h5-10,12-17H,3-4,11H2,1-2H3,(H,33,34). The molecule has 0 saturated heterocycles. The first-order valence-electron chi connectivity index (χ1n) is 11.3. The molecule has 0 unspecified atom stereocenters. The first-order chi connectivity index (χ1) is 16.9. The molecule has 0 aliphatic heterocycles. The topological polar surface area (TPSA) is 103 Å². The van der Waals surface area contributed by atoms with Crippen LogP contribution in [0.25, 0.3) is 22.6 Å². The summed E-state index contributed by atoms with van der Waals surface area (Å²) in [6.45, 7) is 3.35. The second-order valence-electron chi connectivity index (χ2n) is 7.99. The van der Waals surface area contributed by atoms with Crippen molar-refractivity contribution in [2.24, 2.45) is 0 Å². The van der Waals surface area contributed by atoms with E-state index >= 15 is 0 Å². The van der Waals surface area contributed by atoms with Crippen LogP contribution in [0.3, 0.4) is 0 Å².